The van der Waals surface area contributed by atoms with Crippen molar-refractivity contribution < 1.29 is 0 Å². The lowest BCUT2D eigenvalue weighted by molar-refractivity contribution is 0.742. The zero-order valence-corrected chi connectivity index (χ0v) is 14.3. The highest BCUT2D eigenvalue weighted by atomic mass is 35.5. The number of rotatable bonds is 7. The molecule has 0 spiro atoms. The zero-order chi connectivity index (χ0) is 15.9. The molecule has 0 atom stereocenters. The number of halogens is 2. The molecule has 118 valence electrons. The summed E-state index contributed by atoms with van der Waals surface area (Å²) in [6.45, 7) is 4.95. The van der Waals surface area contributed by atoms with Crippen LogP contribution >= 0.6 is 23.2 Å². The van der Waals surface area contributed by atoms with Crippen LogP contribution in [0.4, 0.5) is 17.3 Å². The molecule has 0 aliphatic rings. The fraction of sp³-hybridized carbons (Fsp3) is 0.375. The maximum atomic E-state index is 6.19. The topological polar surface area (TPSA) is 49.8 Å². The molecule has 2 N–H and O–H groups in total. The predicted octanol–water partition coefficient (Wildman–Crippen LogP) is 5.44. The number of hydrogen-bond donors (Lipinski definition) is 2. The van der Waals surface area contributed by atoms with Crippen molar-refractivity contribution >= 4 is 40.5 Å². The maximum absolute atomic E-state index is 6.19. The summed E-state index contributed by atoms with van der Waals surface area (Å²) in [5, 5.41) is 7.50. The van der Waals surface area contributed by atoms with Gasteiger partial charge in [0.25, 0.3) is 0 Å². The van der Waals surface area contributed by atoms with Gasteiger partial charge in [-0.1, -0.05) is 49.0 Å². The van der Waals surface area contributed by atoms with Gasteiger partial charge in [0.05, 0.1) is 15.7 Å². The number of anilines is 3. The SMILES string of the molecule is CCCCCNc1cc(Nc2cccc(Cl)c2Cl)nc(C)n1. The molecule has 2 aromatic rings. The molecule has 0 fully saturated rings. The number of unbranched alkanes of at least 4 members (excludes halogenated alkanes) is 2. The van der Waals surface area contributed by atoms with Crippen LogP contribution in [0.5, 0.6) is 0 Å². The van der Waals surface area contributed by atoms with Gasteiger partial charge in [-0.15, -0.1) is 0 Å². The first kappa shape index (κ1) is 16.8. The summed E-state index contributed by atoms with van der Waals surface area (Å²) < 4.78 is 0. The molecule has 0 aliphatic heterocycles. The van der Waals surface area contributed by atoms with Gasteiger partial charge in [0.1, 0.15) is 17.5 Å². The highest BCUT2D eigenvalue weighted by molar-refractivity contribution is 6.43. The average molecular weight is 339 g/mol. The van der Waals surface area contributed by atoms with Gasteiger partial charge in [-0.05, 0) is 25.5 Å². The molecular weight excluding hydrogens is 319 g/mol. The molecule has 0 amide bonds. The summed E-state index contributed by atoms with van der Waals surface area (Å²) in [7, 11) is 0. The third kappa shape index (κ3) is 4.75. The Morgan fingerprint density at radius 2 is 1.86 bits per heavy atom. The lowest BCUT2D eigenvalue weighted by atomic mass is 10.2. The standard InChI is InChI=1S/C16H20Cl2N4/c1-3-4-5-9-19-14-10-15(21-11(2)20-14)22-13-8-6-7-12(17)16(13)18/h6-8,10H,3-5,9H2,1-2H3,(H2,19,20,21,22). The van der Waals surface area contributed by atoms with Crippen LogP contribution in [0.1, 0.15) is 32.0 Å². The zero-order valence-electron chi connectivity index (χ0n) is 12.8. The van der Waals surface area contributed by atoms with Crippen LogP contribution in [0.3, 0.4) is 0 Å². The third-order valence-electron chi connectivity index (χ3n) is 3.14. The Bertz CT molecular complexity index is 632. The number of aromatic nitrogens is 2. The van der Waals surface area contributed by atoms with E-state index < -0.39 is 0 Å². The Balaban J connectivity index is 2.10. The van der Waals surface area contributed by atoms with Crippen molar-refractivity contribution in [3.05, 3.63) is 40.1 Å². The molecule has 6 heteroatoms. The van der Waals surface area contributed by atoms with Crippen molar-refractivity contribution in [3.8, 4) is 0 Å². The predicted molar refractivity (Wildman–Crippen MR) is 94.5 cm³/mol. The molecule has 0 radical (unpaired) electrons. The number of aryl methyl sites for hydroxylation is 1. The summed E-state index contributed by atoms with van der Waals surface area (Å²) in [6, 6.07) is 7.33. The first-order chi connectivity index (χ1) is 10.6. The molecular formula is C16H20Cl2N4. The molecule has 0 bridgehead atoms. The molecule has 0 unspecified atom stereocenters. The Morgan fingerprint density at radius 1 is 1.09 bits per heavy atom. The highest BCUT2D eigenvalue weighted by Gasteiger charge is 2.07. The third-order valence-corrected chi connectivity index (χ3v) is 3.96. The van der Waals surface area contributed by atoms with E-state index in [9.17, 15) is 0 Å². The van der Waals surface area contributed by atoms with Crippen LogP contribution in [0.25, 0.3) is 0 Å². The van der Waals surface area contributed by atoms with Crippen LogP contribution in [0.2, 0.25) is 10.0 Å². The van der Waals surface area contributed by atoms with E-state index in [2.05, 4.69) is 27.5 Å². The maximum Gasteiger partial charge on any atom is 0.136 e. The molecule has 0 aliphatic carbocycles. The van der Waals surface area contributed by atoms with Gasteiger partial charge in [-0.2, -0.15) is 0 Å². The molecule has 0 saturated carbocycles. The van der Waals surface area contributed by atoms with Gasteiger partial charge in [0.15, 0.2) is 0 Å². The van der Waals surface area contributed by atoms with E-state index in [0.717, 1.165) is 24.5 Å². The van der Waals surface area contributed by atoms with E-state index in [-0.39, 0.29) is 0 Å². The van der Waals surface area contributed by atoms with Crippen molar-refractivity contribution in [2.45, 2.75) is 33.1 Å². The quantitative estimate of drug-likeness (QED) is 0.660. The minimum absolute atomic E-state index is 0.484. The minimum Gasteiger partial charge on any atom is -0.370 e. The van der Waals surface area contributed by atoms with Crippen LogP contribution in [0, 0.1) is 6.92 Å². The lowest BCUT2D eigenvalue weighted by Gasteiger charge is -2.11. The number of nitrogens with zero attached hydrogens (tertiary/aromatic N) is 2. The number of hydrogen-bond acceptors (Lipinski definition) is 4. The van der Waals surface area contributed by atoms with Crippen LogP contribution in [-0.4, -0.2) is 16.5 Å². The largest absolute Gasteiger partial charge is 0.370 e. The Hall–Kier alpha value is -1.52. The van der Waals surface area contributed by atoms with E-state index in [1.807, 2.05) is 25.1 Å². The van der Waals surface area contributed by atoms with Gasteiger partial charge in [0, 0.05) is 12.6 Å². The van der Waals surface area contributed by atoms with E-state index in [1.54, 1.807) is 6.07 Å². The van der Waals surface area contributed by atoms with E-state index in [0.29, 0.717) is 21.7 Å². The van der Waals surface area contributed by atoms with Crippen LogP contribution in [-0.2, 0) is 0 Å². The fourth-order valence-electron chi connectivity index (χ4n) is 2.05. The van der Waals surface area contributed by atoms with E-state index >= 15 is 0 Å². The van der Waals surface area contributed by atoms with Crippen LogP contribution < -0.4 is 10.6 Å². The molecule has 1 heterocycles. The molecule has 4 nitrogen and oxygen atoms in total. The summed E-state index contributed by atoms with van der Waals surface area (Å²) >= 11 is 12.2. The Kier molecular flexibility index (Phi) is 6.28. The fourth-order valence-corrected chi connectivity index (χ4v) is 2.40. The smallest absolute Gasteiger partial charge is 0.136 e. The van der Waals surface area contributed by atoms with E-state index in [4.69, 9.17) is 23.2 Å². The monoisotopic (exact) mass is 338 g/mol. The summed E-state index contributed by atoms with van der Waals surface area (Å²) in [5.74, 6) is 2.19. The van der Waals surface area contributed by atoms with Crippen molar-refractivity contribution in [2.24, 2.45) is 0 Å². The second-order valence-electron chi connectivity index (χ2n) is 5.05. The van der Waals surface area contributed by atoms with Gasteiger partial charge in [-0.3, -0.25) is 0 Å². The molecule has 1 aromatic carbocycles. The normalized spacial score (nSPS) is 10.5. The van der Waals surface area contributed by atoms with Crippen molar-refractivity contribution in [1.82, 2.24) is 9.97 Å². The number of nitrogens with one attached hydrogen (secondary N) is 2. The lowest BCUT2D eigenvalue weighted by Crippen LogP contribution is -2.06. The first-order valence-electron chi connectivity index (χ1n) is 7.40. The second-order valence-corrected chi connectivity index (χ2v) is 5.83. The Labute approximate surface area is 141 Å². The highest BCUT2D eigenvalue weighted by Crippen LogP contribution is 2.31. The van der Waals surface area contributed by atoms with E-state index in [1.165, 1.54) is 12.8 Å². The second kappa shape index (κ2) is 8.20. The summed E-state index contributed by atoms with van der Waals surface area (Å²) in [6.07, 6.45) is 3.54. The minimum atomic E-state index is 0.484. The molecule has 2 rings (SSSR count). The van der Waals surface area contributed by atoms with Gasteiger partial charge in [-0.25, -0.2) is 9.97 Å². The van der Waals surface area contributed by atoms with Crippen molar-refractivity contribution in [2.75, 3.05) is 17.2 Å². The summed E-state index contributed by atoms with van der Waals surface area (Å²) in [5.41, 5.74) is 0.726. The van der Waals surface area contributed by atoms with Gasteiger partial charge < -0.3 is 10.6 Å². The van der Waals surface area contributed by atoms with Gasteiger partial charge in [0.2, 0.25) is 0 Å². The van der Waals surface area contributed by atoms with Crippen molar-refractivity contribution in [3.63, 3.8) is 0 Å². The van der Waals surface area contributed by atoms with Crippen LogP contribution in [0.15, 0.2) is 24.3 Å². The molecule has 1 aromatic heterocycles. The Morgan fingerprint density at radius 3 is 2.64 bits per heavy atom. The van der Waals surface area contributed by atoms with Gasteiger partial charge >= 0.3 is 0 Å². The molecule has 0 saturated heterocycles. The first-order valence-corrected chi connectivity index (χ1v) is 8.16. The van der Waals surface area contributed by atoms with Crippen molar-refractivity contribution in [1.29, 1.82) is 0 Å². The summed E-state index contributed by atoms with van der Waals surface area (Å²) in [4.78, 5) is 8.77. The average Bonchev–Trinajstić information content (AvgIpc) is 2.48. The number of benzene rings is 1. The molecule has 22 heavy (non-hydrogen) atoms.